The normalized spacial score (nSPS) is 10.8. The molecule has 262 valence electrons. The summed E-state index contributed by atoms with van der Waals surface area (Å²) in [4.78, 5) is 0. The van der Waals surface area contributed by atoms with Gasteiger partial charge in [0, 0.05) is 0 Å². The van der Waals surface area contributed by atoms with Gasteiger partial charge in [-0.3, -0.25) is 0 Å². The van der Waals surface area contributed by atoms with Crippen molar-refractivity contribution in [2.45, 2.75) is 120 Å². The van der Waals surface area contributed by atoms with Crippen molar-refractivity contribution < 1.29 is 55.9 Å². The Kier molecular flexibility index (Phi) is 60.7. The Hall–Kier alpha value is 2.13. The first-order chi connectivity index (χ1) is 20.5. The molecule has 0 aliphatic rings. The molecule has 0 aromatic heterocycles. The van der Waals surface area contributed by atoms with Crippen molar-refractivity contribution in [3.8, 4) is 0 Å². The van der Waals surface area contributed by atoms with Gasteiger partial charge in [0.25, 0.3) is 0 Å². The van der Waals surface area contributed by atoms with Gasteiger partial charge in [-0.05, 0) is 57.8 Å². The zero-order chi connectivity index (χ0) is 32.5. The Balaban J connectivity index is -0.000000246. The van der Waals surface area contributed by atoms with Crippen LogP contribution in [0, 0.1) is 0 Å². The van der Waals surface area contributed by atoms with Crippen LogP contribution in [0.15, 0.2) is 0 Å². The Morgan fingerprint density at radius 2 is 0.405 bits per heavy atom. The Bertz CT molecular complexity index is 334. The van der Waals surface area contributed by atoms with Crippen LogP contribution in [-0.4, -0.2) is 59.5 Å². The molecule has 9 nitrogen and oxygen atoms in total. The van der Waals surface area contributed by atoms with E-state index >= 15 is 0 Å². The van der Waals surface area contributed by atoms with Gasteiger partial charge in [-0.25, -0.2) is 0 Å². The van der Waals surface area contributed by atoms with Crippen molar-refractivity contribution in [2.75, 3.05) is 59.5 Å². The molecular formula is C27H63Cl2O9P3Ru. The molecule has 0 aromatic carbocycles. The summed E-state index contributed by atoms with van der Waals surface area (Å²) in [5.41, 5.74) is 0. The predicted octanol–water partition coefficient (Wildman–Crippen LogP) is 11.9. The van der Waals surface area contributed by atoms with Crippen LogP contribution in [0.4, 0.5) is 0 Å². The van der Waals surface area contributed by atoms with Gasteiger partial charge in [0.2, 0.25) is 0 Å². The number of rotatable bonds is 27. The average Bonchev–Trinajstić information content (AvgIpc) is 3.01. The van der Waals surface area contributed by atoms with Crippen LogP contribution in [0.3, 0.4) is 0 Å². The second-order valence-electron chi connectivity index (χ2n) is 8.22. The van der Waals surface area contributed by atoms with E-state index in [4.69, 9.17) is 60.1 Å². The molecule has 0 rings (SSSR count). The fraction of sp³-hybridized carbons (Fsp3) is 1.00. The van der Waals surface area contributed by atoms with Crippen LogP contribution < -0.4 is 0 Å². The maximum absolute atomic E-state index is 5.42. The average molecular weight is 797 g/mol. The molecule has 0 saturated heterocycles. The summed E-state index contributed by atoms with van der Waals surface area (Å²) in [6, 6.07) is 0. The molecule has 0 N–H and O–H groups in total. The second-order valence-corrected chi connectivity index (χ2v) is 14.5. The van der Waals surface area contributed by atoms with Crippen LogP contribution in [0.5, 0.6) is 0 Å². The van der Waals surface area contributed by atoms with Crippen LogP contribution in [0.1, 0.15) is 120 Å². The quantitative estimate of drug-likeness (QED) is 0.0596. The van der Waals surface area contributed by atoms with E-state index in [0.717, 1.165) is 117 Å². The Labute approximate surface area is 279 Å². The molecule has 0 aliphatic carbocycles. The van der Waals surface area contributed by atoms with Crippen molar-refractivity contribution in [2.24, 2.45) is 0 Å². The van der Waals surface area contributed by atoms with Gasteiger partial charge < -0.3 is 40.7 Å². The predicted molar refractivity (Wildman–Crippen MR) is 179 cm³/mol. The van der Waals surface area contributed by atoms with Gasteiger partial charge in [0.1, 0.15) is 0 Å². The fourth-order valence-electron chi connectivity index (χ4n) is 1.83. The van der Waals surface area contributed by atoms with Gasteiger partial charge in [0.05, 0.1) is 59.5 Å². The van der Waals surface area contributed by atoms with E-state index in [-0.39, 0.29) is 15.1 Å². The van der Waals surface area contributed by atoms with E-state index in [0.29, 0.717) is 0 Å². The summed E-state index contributed by atoms with van der Waals surface area (Å²) in [6.45, 7) is 25.2. The van der Waals surface area contributed by atoms with E-state index in [1.54, 1.807) is 0 Å². The SMILES string of the molecule is CCCOP(OCCC)OCCC.CCCOP(OCCC)OCCC.CCCOP(OCCC)OCCC.[Cl][Ru][Cl]. The fourth-order valence-corrected chi connectivity index (χ4v) is 5.48. The maximum atomic E-state index is 5.42. The summed E-state index contributed by atoms with van der Waals surface area (Å²) in [6.07, 6.45) is 9.03. The van der Waals surface area contributed by atoms with E-state index in [2.05, 4.69) is 62.3 Å². The molecular weight excluding hydrogens is 733 g/mol. The minimum atomic E-state index is -1.08. The zero-order valence-corrected chi connectivity index (χ0v) is 33.8. The molecule has 0 saturated carbocycles. The monoisotopic (exact) mass is 796 g/mol. The van der Waals surface area contributed by atoms with E-state index in [1.165, 1.54) is 0 Å². The number of hydrogen-bond acceptors (Lipinski definition) is 9. The number of halogens is 2. The van der Waals surface area contributed by atoms with Crippen LogP contribution >= 0.6 is 45.2 Å². The molecule has 0 aromatic rings. The van der Waals surface area contributed by atoms with Crippen molar-refractivity contribution in [3.05, 3.63) is 0 Å². The topological polar surface area (TPSA) is 83.1 Å². The molecule has 0 radical (unpaired) electrons. The van der Waals surface area contributed by atoms with Crippen LogP contribution in [0.25, 0.3) is 0 Å². The van der Waals surface area contributed by atoms with Gasteiger partial charge in [-0.15, -0.1) is 0 Å². The summed E-state index contributed by atoms with van der Waals surface area (Å²) in [7, 11) is 6.47. The summed E-state index contributed by atoms with van der Waals surface area (Å²) in [5, 5.41) is 0. The third kappa shape index (κ3) is 49.0. The molecule has 0 amide bonds. The first-order valence-corrected chi connectivity index (χ1v) is 23.1. The molecule has 42 heavy (non-hydrogen) atoms. The summed E-state index contributed by atoms with van der Waals surface area (Å²) >= 11 is -0.346. The first kappa shape index (κ1) is 51.0. The van der Waals surface area contributed by atoms with Gasteiger partial charge in [-0.1, -0.05) is 62.3 Å². The van der Waals surface area contributed by atoms with E-state index in [1.807, 2.05) is 0 Å². The first-order valence-electron chi connectivity index (χ1n) is 15.4. The Morgan fingerprint density at radius 1 is 0.310 bits per heavy atom. The standard InChI is InChI=1S/3C9H21O3P.2ClH.Ru/c3*1-4-7-10-13(11-8-5-2)12-9-6-3;;;/h3*4-9H2,1-3H3;2*1H;/q;;;;;+2/p-2. The molecule has 0 bridgehead atoms. The van der Waals surface area contributed by atoms with Gasteiger partial charge in [-0.2, -0.15) is 0 Å². The molecule has 0 spiro atoms. The number of hydrogen-bond donors (Lipinski definition) is 0. The summed E-state index contributed by atoms with van der Waals surface area (Å²) < 4.78 is 48.7. The second kappa shape index (κ2) is 50.0. The van der Waals surface area contributed by atoms with Crippen LogP contribution in [0.2, 0.25) is 0 Å². The molecule has 0 unspecified atom stereocenters. The summed E-state index contributed by atoms with van der Waals surface area (Å²) in [5.74, 6) is 0. The Morgan fingerprint density at radius 3 is 0.476 bits per heavy atom. The van der Waals surface area contributed by atoms with Crippen molar-refractivity contribution in [3.63, 3.8) is 0 Å². The molecule has 0 fully saturated rings. The molecule has 0 aliphatic heterocycles. The van der Waals surface area contributed by atoms with E-state index < -0.39 is 25.8 Å². The van der Waals surface area contributed by atoms with Crippen molar-refractivity contribution >= 4 is 45.2 Å². The van der Waals surface area contributed by atoms with Gasteiger partial charge in [0.15, 0.2) is 0 Å². The molecule has 15 heteroatoms. The molecule has 0 atom stereocenters. The third-order valence-electron chi connectivity index (χ3n) is 3.61. The van der Waals surface area contributed by atoms with Crippen LogP contribution in [-0.2, 0) is 55.9 Å². The zero-order valence-electron chi connectivity index (χ0n) is 27.9. The van der Waals surface area contributed by atoms with Crippen molar-refractivity contribution in [1.29, 1.82) is 0 Å². The molecule has 0 heterocycles. The van der Waals surface area contributed by atoms with Gasteiger partial charge >= 0.3 is 60.3 Å². The van der Waals surface area contributed by atoms with Crippen molar-refractivity contribution in [1.82, 2.24) is 0 Å². The van der Waals surface area contributed by atoms with E-state index in [9.17, 15) is 0 Å². The third-order valence-corrected chi connectivity index (χ3v) is 7.15. The minimum absolute atomic E-state index is 0.346.